The Balaban J connectivity index is 2.37. The van der Waals surface area contributed by atoms with Crippen molar-refractivity contribution in [2.45, 2.75) is 0 Å². The molecule has 0 aliphatic heterocycles. The highest BCUT2D eigenvalue weighted by molar-refractivity contribution is 5.92. The van der Waals surface area contributed by atoms with Crippen molar-refractivity contribution in [2.24, 2.45) is 7.05 Å². The van der Waals surface area contributed by atoms with Crippen molar-refractivity contribution in [1.29, 1.82) is 0 Å². The van der Waals surface area contributed by atoms with Gasteiger partial charge in [-0.3, -0.25) is 9.59 Å². The number of pyridine rings is 1. The van der Waals surface area contributed by atoms with Crippen LogP contribution in [-0.4, -0.2) is 32.2 Å². The molecule has 0 aliphatic rings. The summed E-state index contributed by atoms with van der Waals surface area (Å²) in [5.41, 5.74) is 1.50. The van der Waals surface area contributed by atoms with Crippen LogP contribution in [0.2, 0.25) is 0 Å². The van der Waals surface area contributed by atoms with Gasteiger partial charge >= 0.3 is 0 Å². The maximum Gasteiger partial charge on any atom is 0.258 e. The summed E-state index contributed by atoms with van der Waals surface area (Å²) >= 11 is 0. The van der Waals surface area contributed by atoms with Gasteiger partial charge in [0.1, 0.15) is 5.75 Å². The number of aromatic nitrogens is 1. The van der Waals surface area contributed by atoms with Gasteiger partial charge in [-0.05, 0) is 41.8 Å². The van der Waals surface area contributed by atoms with Crippen molar-refractivity contribution in [1.82, 2.24) is 4.57 Å². The molecular weight excluding hydrogens is 334 g/mol. The summed E-state index contributed by atoms with van der Waals surface area (Å²) < 4.78 is 17.4. The predicted octanol–water partition coefficient (Wildman–Crippen LogP) is 3.04. The van der Waals surface area contributed by atoms with Crippen molar-refractivity contribution < 1.29 is 19.0 Å². The minimum Gasteiger partial charge on any atom is -0.497 e. The second-order valence-corrected chi connectivity index (χ2v) is 5.76. The summed E-state index contributed by atoms with van der Waals surface area (Å²) in [7, 11) is 6.28. The van der Waals surface area contributed by atoms with Gasteiger partial charge in [0.15, 0.2) is 17.8 Å². The van der Waals surface area contributed by atoms with Crippen molar-refractivity contribution in [2.75, 3.05) is 21.3 Å². The van der Waals surface area contributed by atoms with Gasteiger partial charge in [-0.15, -0.1) is 0 Å². The molecule has 1 heterocycles. The lowest BCUT2D eigenvalue weighted by molar-refractivity contribution is 0.112. The third kappa shape index (κ3) is 2.79. The summed E-state index contributed by atoms with van der Waals surface area (Å²) in [6, 6.07) is 10.4. The van der Waals surface area contributed by atoms with Gasteiger partial charge in [-0.25, -0.2) is 0 Å². The second kappa shape index (κ2) is 6.92. The van der Waals surface area contributed by atoms with E-state index in [-0.39, 0.29) is 5.56 Å². The fourth-order valence-corrected chi connectivity index (χ4v) is 2.98. The molecule has 6 nitrogen and oxygen atoms in total. The van der Waals surface area contributed by atoms with Crippen LogP contribution < -0.4 is 19.8 Å². The largest absolute Gasteiger partial charge is 0.497 e. The SMILES string of the molecule is COc1ccc(C=O)c(-c2cc3cc(OC)c(OC)cc3c(=O)n2C)c1. The summed E-state index contributed by atoms with van der Waals surface area (Å²) in [6.07, 6.45) is 0.762. The van der Waals surface area contributed by atoms with E-state index in [0.717, 1.165) is 6.29 Å². The first-order valence-electron chi connectivity index (χ1n) is 7.93. The molecule has 0 unspecified atom stereocenters. The molecular formula is C20H19NO5. The first-order valence-corrected chi connectivity index (χ1v) is 7.93. The van der Waals surface area contributed by atoms with Crippen LogP contribution in [0.3, 0.4) is 0 Å². The lowest BCUT2D eigenvalue weighted by Gasteiger charge is -2.15. The van der Waals surface area contributed by atoms with E-state index in [1.807, 2.05) is 6.07 Å². The highest BCUT2D eigenvalue weighted by atomic mass is 16.5. The quantitative estimate of drug-likeness (QED) is 0.660. The number of hydrogen-bond acceptors (Lipinski definition) is 5. The van der Waals surface area contributed by atoms with Gasteiger partial charge in [0.2, 0.25) is 0 Å². The number of methoxy groups -OCH3 is 3. The van der Waals surface area contributed by atoms with E-state index in [9.17, 15) is 9.59 Å². The molecule has 0 spiro atoms. The summed E-state index contributed by atoms with van der Waals surface area (Å²) in [5.74, 6) is 1.62. The molecule has 0 radical (unpaired) electrons. The molecule has 0 N–H and O–H groups in total. The Bertz CT molecular complexity index is 1050. The second-order valence-electron chi connectivity index (χ2n) is 5.76. The zero-order valence-corrected chi connectivity index (χ0v) is 15.0. The minimum atomic E-state index is -0.196. The number of ether oxygens (including phenoxy) is 3. The molecule has 0 saturated heterocycles. The Labute approximate surface area is 150 Å². The molecule has 0 atom stereocenters. The van der Waals surface area contributed by atoms with Crippen molar-refractivity contribution in [3.8, 4) is 28.5 Å². The van der Waals surface area contributed by atoms with E-state index in [2.05, 4.69) is 0 Å². The predicted molar refractivity (Wildman–Crippen MR) is 99.7 cm³/mol. The highest BCUT2D eigenvalue weighted by Crippen LogP contribution is 2.33. The Hall–Kier alpha value is -3.28. The van der Waals surface area contributed by atoms with Gasteiger partial charge < -0.3 is 18.8 Å². The summed E-state index contributed by atoms with van der Waals surface area (Å²) in [4.78, 5) is 24.4. The lowest BCUT2D eigenvalue weighted by atomic mass is 10.0. The molecule has 0 saturated carbocycles. The first kappa shape index (κ1) is 17.5. The molecule has 0 bridgehead atoms. The smallest absolute Gasteiger partial charge is 0.258 e. The third-order valence-corrected chi connectivity index (χ3v) is 4.41. The van der Waals surface area contributed by atoms with E-state index in [1.165, 1.54) is 18.8 Å². The van der Waals surface area contributed by atoms with Gasteiger partial charge in [0.05, 0.1) is 32.4 Å². The number of fused-ring (bicyclic) bond motifs is 1. The topological polar surface area (TPSA) is 66.8 Å². The standard InChI is InChI=1S/C20H19NO5/c1-21-17(15-9-14(24-2)6-5-12(15)11-22)7-13-8-18(25-3)19(26-4)10-16(13)20(21)23/h5-11H,1-4H3. The molecule has 26 heavy (non-hydrogen) atoms. The van der Waals surface area contributed by atoms with Crippen LogP contribution in [0.4, 0.5) is 0 Å². The molecule has 3 aromatic rings. The molecule has 0 fully saturated rings. The van der Waals surface area contributed by atoms with E-state index in [4.69, 9.17) is 14.2 Å². The number of rotatable bonds is 5. The zero-order chi connectivity index (χ0) is 18.8. The fraction of sp³-hybridized carbons (Fsp3) is 0.200. The first-order chi connectivity index (χ1) is 12.5. The van der Waals surface area contributed by atoms with Gasteiger partial charge in [0, 0.05) is 18.2 Å². The van der Waals surface area contributed by atoms with Crippen LogP contribution in [0.1, 0.15) is 10.4 Å². The molecule has 2 aromatic carbocycles. The van der Waals surface area contributed by atoms with Crippen LogP contribution in [0, 0.1) is 0 Å². The monoisotopic (exact) mass is 353 g/mol. The molecule has 134 valence electrons. The van der Waals surface area contributed by atoms with E-state index < -0.39 is 0 Å². The number of carbonyl (C=O) groups excluding carboxylic acids is 1. The maximum absolute atomic E-state index is 12.9. The zero-order valence-electron chi connectivity index (χ0n) is 15.0. The van der Waals surface area contributed by atoms with Crippen molar-refractivity contribution in [3.05, 3.63) is 52.3 Å². The van der Waals surface area contributed by atoms with E-state index in [1.54, 1.807) is 44.5 Å². The normalized spacial score (nSPS) is 10.6. The number of hydrogen-bond donors (Lipinski definition) is 0. The minimum absolute atomic E-state index is 0.196. The van der Waals surface area contributed by atoms with Gasteiger partial charge in [-0.2, -0.15) is 0 Å². The Morgan fingerprint density at radius 2 is 1.62 bits per heavy atom. The molecule has 0 aliphatic carbocycles. The lowest BCUT2D eigenvalue weighted by Crippen LogP contribution is -2.19. The van der Waals surface area contributed by atoms with Crippen LogP contribution in [0.15, 0.2) is 41.2 Å². The molecule has 1 aromatic heterocycles. The average Bonchev–Trinajstić information content (AvgIpc) is 2.69. The number of benzene rings is 2. The summed E-state index contributed by atoms with van der Waals surface area (Å²) in [6.45, 7) is 0. The Morgan fingerprint density at radius 1 is 0.923 bits per heavy atom. The highest BCUT2D eigenvalue weighted by Gasteiger charge is 2.15. The van der Waals surface area contributed by atoms with Crippen LogP contribution in [0.25, 0.3) is 22.0 Å². The fourth-order valence-electron chi connectivity index (χ4n) is 2.98. The Morgan fingerprint density at radius 3 is 2.23 bits per heavy atom. The number of carbonyl (C=O) groups is 1. The van der Waals surface area contributed by atoms with Gasteiger partial charge in [-0.1, -0.05) is 0 Å². The number of nitrogens with zero attached hydrogens (tertiary/aromatic N) is 1. The van der Waals surface area contributed by atoms with E-state index in [0.29, 0.717) is 44.8 Å². The van der Waals surface area contributed by atoms with E-state index >= 15 is 0 Å². The van der Waals surface area contributed by atoms with Crippen LogP contribution in [0.5, 0.6) is 17.2 Å². The van der Waals surface area contributed by atoms with Gasteiger partial charge in [0.25, 0.3) is 5.56 Å². The Kier molecular flexibility index (Phi) is 4.67. The molecule has 0 amide bonds. The summed E-state index contributed by atoms with van der Waals surface area (Å²) in [5, 5.41) is 1.20. The van der Waals surface area contributed by atoms with Crippen molar-refractivity contribution >= 4 is 17.1 Å². The van der Waals surface area contributed by atoms with Crippen LogP contribution in [-0.2, 0) is 7.05 Å². The van der Waals surface area contributed by atoms with Crippen molar-refractivity contribution in [3.63, 3.8) is 0 Å². The number of aldehydes is 1. The maximum atomic E-state index is 12.9. The molecule has 6 heteroatoms. The average molecular weight is 353 g/mol. The van der Waals surface area contributed by atoms with Crippen LogP contribution >= 0.6 is 0 Å². The third-order valence-electron chi connectivity index (χ3n) is 4.41. The molecule has 3 rings (SSSR count).